The van der Waals surface area contributed by atoms with Crippen LogP contribution in [0.2, 0.25) is 0 Å². The summed E-state index contributed by atoms with van der Waals surface area (Å²) in [4.78, 5) is 50.4. The molecule has 0 spiro atoms. The number of hydrogen-bond acceptors (Lipinski definition) is 8. The molecule has 0 aromatic carbocycles. The number of carboxylic acids is 1. The van der Waals surface area contributed by atoms with E-state index in [9.17, 15) is 24.3 Å². The maximum Gasteiger partial charge on any atom is 0.326 e. The molecule has 3 amide bonds. The van der Waals surface area contributed by atoms with Crippen LogP contribution in [0.5, 0.6) is 0 Å². The number of carbonyl (C=O) groups is 4. The molecule has 0 saturated carbocycles. The van der Waals surface area contributed by atoms with Crippen molar-refractivity contribution in [3.63, 3.8) is 0 Å². The topological polar surface area (TPSA) is 239 Å². The molecule has 0 radical (unpaired) electrons. The third-order valence-corrected chi connectivity index (χ3v) is 6.13. The number of carboxylic acid groups (broad SMARTS) is 1. The van der Waals surface area contributed by atoms with E-state index in [1.165, 1.54) is 11.8 Å². The second-order valence-electron chi connectivity index (χ2n) is 9.31. The van der Waals surface area contributed by atoms with Crippen LogP contribution in [0.25, 0.3) is 0 Å². The van der Waals surface area contributed by atoms with Crippen molar-refractivity contribution in [3.05, 3.63) is 0 Å². The van der Waals surface area contributed by atoms with Crippen LogP contribution in [0.3, 0.4) is 0 Å². The van der Waals surface area contributed by atoms with Crippen LogP contribution in [-0.2, 0) is 19.2 Å². The molecular formula is C23H46N8O5S. The second-order valence-corrected chi connectivity index (χ2v) is 10.3. The van der Waals surface area contributed by atoms with Crippen molar-refractivity contribution in [2.45, 2.75) is 83.0 Å². The lowest BCUT2D eigenvalue weighted by molar-refractivity contribution is -0.142. The maximum absolute atomic E-state index is 13.2. The van der Waals surface area contributed by atoms with E-state index >= 15 is 0 Å². The number of amides is 3. The third kappa shape index (κ3) is 16.0. The van der Waals surface area contributed by atoms with Gasteiger partial charge < -0.3 is 43.6 Å². The van der Waals surface area contributed by atoms with Gasteiger partial charge in [0.15, 0.2) is 5.96 Å². The minimum absolute atomic E-state index is 0.180. The molecule has 37 heavy (non-hydrogen) atoms. The molecule has 13 nitrogen and oxygen atoms in total. The molecule has 214 valence electrons. The number of unbranched alkanes of at least 4 members (excludes halogenated alkanes) is 1. The van der Waals surface area contributed by atoms with E-state index in [0.29, 0.717) is 44.5 Å². The highest BCUT2D eigenvalue weighted by Gasteiger charge is 2.30. The maximum atomic E-state index is 13.2. The second kappa shape index (κ2) is 19.5. The number of thioether (sulfide) groups is 1. The van der Waals surface area contributed by atoms with E-state index in [4.69, 9.17) is 22.6 Å². The Labute approximate surface area is 223 Å². The summed E-state index contributed by atoms with van der Waals surface area (Å²) in [6, 6.07) is -3.87. The highest BCUT2D eigenvalue weighted by Crippen LogP contribution is 2.08. The zero-order valence-corrected chi connectivity index (χ0v) is 23.0. The molecule has 0 aliphatic rings. The summed E-state index contributed by atoms with van der Waals surface area (Å²) < 4.78 is 0. The number of nitrogens with one attached hydrogen (secondary N) is 5. The van der Waals surface area contributed by atoms with Crippen molar-refractivity contribution in [2.24, 2.45) is 23.1 Å². The third-order valence-electron chi connectivity index (χ3n) is 5.49. The summed E-state index contributed by atoms with van der Waals surface area (Å²) in [5.41, 5.74) is 16.7. The normalized spacial score (nSPS) is 14.2. The van der Waals surface area contributed by atoms with Gasteiger partial charge in [0.25, 0.3) is 0 Å². The van der Waals surface area contributed by atoms with Crippen molar-refractivity contribution in [3.8, 4) is 0 Å². The zero-order chi connectivity index (χ0) is 28.4. The molecule has 12 N–H and O–H groups in total. The van der Waals surface area contributed by atoms with E-state index in [-0.39, 0.29) is 31.1 Å². The number of rotatable bonds is 20. The molecule has 4 atom stereocenters. The van der Waals surface area contributed by atoms with Crippen LogP contribution >= 0.6 is 11.8 Å². The van der Waals surface area contributed by atoms with E-state index in [1.54, 1.807) is 0 Å². The molecule has 0 rings (SSSR count). The predicted octanol–water partition coefficient (Wildman–Crippen LogP) is -0.956. The fourth-order valence-corrected chi connectivity index (χ4v) is 3.96. The van der Waals surface area contributed by atoms with E-state index in [1.807, 2.05) is 20.1 Å². The molecule has 0 fully saturated rings. The fourth-order valence-electron chi connectivity index (χ4n) is 3.49. The van der Waals surface area contributed by atoms with Gasteiger partial charge in [-0.15, -0.1) is 0 Å². The summed E-state index contributed by atoms with van der Waals surface area (Å²) in [5.74, 6) is -2.32. The molecule has 0 bridgehead atoms. The molecule has 14 heteroatoms. The SMILES string of the molecule is CSCC[C@H](NC(=O)[C@H](CCCNC(=N)N)NC(=O)[C@@H](N)CC(C)C)C(=O)N[C@@H](CCCCN)C(=O)O. The van der Waals surface area contributed by atoms with Crippen molar-refractivity contribution < 1.29 is 24.3 Å². The Bertz CT molecular complexity index is 740. The molecule has 0 aliphatic carbocycles. The number of carbonyl (C=O) groups excluding carboxylic acids is 3. The Morgan fingerprint density at radius 1 is 0.892 bits per heavy atom. The first kappa shape index (κ1) is 34.4. The van der Waals surface area contributed by atoms with Gasteiger partial charge in [-0.3, -0.25) is 19.8 Å². The Balaban J connectivity index is 5.50. The number of aliphatic carboxylic acids is 1. The van der Waals surface area contributed by atoms with Crippen LogP contribution < -0.4 is 38.5 Å². The van der Waals surface area contributed by atoms with Gasteiger partial charge in [-0.25, -0.2) is 4.79 Å². The smallest absolute Gasteiger partial charge is 0.326 e. The van der Waals surface area contributed by atoms with Gasteiger partial charge in [0.1, 0.15) is 18.1 Å². The van der Waals surface area contributed by atoms with Crippen LogP contribution in [0.1, 0.15) is 58.8 Å². The lowest BCUT2D eigenvalue weighted by atomic mass is 10.0. The van der Waals surface area contributed by atoms with Crippen LogP contribution in [0, 0.1) is 11.3 Å². The minimum Gasteiger partial charge on any atom is -0.480 e. The molecule has 0 aromatic rings. The van der Waals surface area contributed by atoms with Gasteiger partial charge in [0.2, 0.25) is 17.7 Å². The lowest BCUT2D eigenvalue weighted by Crippen LogP contribution is -2.57. The molecule has 0 unspecified atom stereocenters. The van der Waals surface area contributed by atoms with Crippen molar-refractivity contribution in [1.29, 1.82) is 5.41 Å². The number of hydrogen-bond donors (Lipinski definition) is 9. The van der Waals surface area contributed by atoms with Gasteiger partial charge >= 0.3 is 5.97 Å². The first-order valence-corrected chi connectivity index (χ1v) is 14.0. The first-order valence-electron chi connectivity index (χ1n) is 12.6. The summed E-state index contributed by atoms with van der Waals surface area (Å²) in [6.07, 6.45) is 4.56. The molecule has 0 aromatic heterocycles. The van der Waals surface area contributed by atoms with Crippen molar-refractivity contribution in [2.75, 3.05) is 25.1 Å². The predicted molar refractivity (Wildman–Crippen MR) is 146 cm³/mol. The number of nitrogens with two attached hydrogens (primary N) is 3. The molecule has 0 heterocycles. The lowest BCUT2D eigenvalue weighted by Gasteiger charge is -2.25. The fraction of sp³-hybridized carbons (Fsp3) is 0.783. The van der Waals surface area contributed by atoms with E-state index in [0.717, 1.165) is 0 Å². The largest absolute Gasteiger partial charge is 0.480 e. The van der Waals surface area contributed by atoms with Crippen molar-refractivity contribution in [1.82, 2.24) is 21.3 Å². The Morgan fingerprint density at radius 3 is 1.95 bits per heavy atom. The minimum atomic E-state index is -1.16. The first-order chi connectivity index (χ1) is 17.4. The number of guanidine groups is 1. The van der Waals surface area contributed by atoms with E-state index in [2.05, 4.69) is 21.3 Å². The molecule has 0 saturated heterocycles. The van der Waals surface area contributed by atoms with Gasteiger partial charge in [0.05, 0.1) is 6.04 Å². The summed E-state index contributed by atoms with van der Waals surface area (Å²) in [6.45, 7) is 4.59. The highest BCUT2D eigenvalue weighted by atomic mass is 32.2. The van der Waals surface area contributed by atoms with Crippen LogP contribution in [-0.4, -0.2) is 84.0 Å². The van der Waals surface area contributed by atoms with Gasteiger partial charge in [-0.05, 0) is 69.4 Å². The van der Waals surface area contributed by atoms with Crippen LogP contribution in [0.4, 0.5) is 0 Å². The summed E-state index contributed by atoms with van der Waals surface area (Å²) in [5, 5.41) is 27.3. The molecule has 0 aliphatic heterocycles. The summed E-state index contributed by atoms with van der Waals surface area (Å²) in [7, 11) is 0. The van der Waals surface area contributed by atoms with E-state index < -0.39 is 47.9 Å². The van der Waals surface area contributed by atoms with Gasteiger partial charge in [0, 0.05) is 6.54 Å². The Kier molecular flexibility index (Phi) is 18.2. The Hall–Kier alpha value is -2.58. The standard InChI is InChI=1S/C23H46N8O5S/c1-14(2)13-15(25)19(32)29-16(8-6-11-28-23(26)27)20(33)30-17(9-12-37-3)21(34)31-18(22(35)36)7-4-5-10-24/h14-18H,4-13,24-25H2,1-3H3,(H,29,32)(H,30,33)(H,31,34)(H,35,36)(H4,26,27,28)/t15-,16-,17-,18-/m0/s1. The Morgan fingerprint density at radius 2 is 1.43 bits per heavy atom. The van der Waals surface area contributed by atoms with Crippen molar-refractivity contribution >= 4 is 41.4 Å². The van der Waals surface area contributed by atoms with Gasteiger partial charge in [-0.1, -0.05) is 13.8 Å². The zero-order valence-electron chi connectivity index (χ0n) is 22.2. The highest BCUT2D eigenvalue weighted by molar-refractivity contribution is 7.98. The monoisotopic (exact) mass is 546 g/mol. The average molecular weight is 547 g/mol. The quantitative estimate of drug-likeness (QED) is 0.0515. The van der Waals surface area contributed by atoms with Gasteiger partial charge in [-0.2, -0.15) is 11.8 Å². The summed E-state index contributed by atoms with van der Waals surface area (Å²) >= 11 is 1.48. The molecular weight excluding hydrogens is 500 g/mol. The van der Waals surface area contributed by atoms with Crippen LogP contribution in [0.15, 0.2) is 0 Å². The average Bonchev–Trinajstić information content (AvgIpc) is 2.81.